The van der Waals surface area contributed by atoms with E-state index in [-0.39, 0.29) is 30.4 Å². The number of hydrogen-bond acceptors (Lipinski definition) is 6. The number of aryl methyl sites for hydroxylation is 1. The van der Waals surface area contributed by atoms with Crippen molar-refractivity contribution in [2.75, 3.05) is 18.1 Å². The third-order valence-corrected chi connectivity index (χ3v) is 7.15. The SMILES string of the molecule is CCOC(=O)N[C@H](C(=O)c1ccc(C)cc1)N(Cc1ccc(F)cc1)[C@@H]1CCS(=O)(=O)C1. The van der Waals surface area contributed by atoms with Crippen molar-refractivity contribution in [1.29, 1.82) is 0 Å². The summed E-state index contributed by atoms with van der Waals surface area (Å²) in [7, 11) is -3.26. The normalized spacial score (nSPS) is 18.3. The first-order chi connectivity index (χ1) is 15.2. The molecule has 0 aromatic heterocycles. The fourth-order valence-electron chi connectivity index (χ4n) is 3.73. The number of rotatable bonds is 8. The maximum Gasteiger partial charge on any atom is 0.408 e. The number of alkyl carbamates (subject to hydrolysis) is 1. The number of carbonyl (C=O) groups is 2. The lowest BCUT2D eigenvalue weighted by molar-refractivity contribution is 0.0619. The Balaban J connectivity index is 1.99. The van der Waals surface area contributed by atoms with Crippen molar-refractivity contribution >= 4 is 21.7 Å². The zero-order valence-electron chi connectivity index (χ0n) is 18.1. The molecule has 1 N–H and O–H groups in total. The molecule has 0 saturated carbocycles. The second-order valence-corrected chi connectivity index (χ2v) is 10.1. The third kappa shape index (κ3) is 6.14. The highest BCUT2D eigenvalue weighted by atomic mass is 32.2. The van der Waals surface area contributed by atoms with Gasteiger partial charge in [-0.25, -0.2) is 17.6 Å². The number of hydrogen-bond donors (Lipinski definition) is 1. The van der Waals surface area contributed by atoms with Gasteiger partial charge in [0.05, 0.1) is 18.1 Å². The van der Waals surface area contributed by atoms with Crippen LogP contribution in [0.15, 0.2) is 48.5 Å². The van der Waals surface area contributed by atoms with Crippen LogP contribution in [-0.2, 0) is 21.1 Å². The molecule has 9 heteroatoms. The van der Waals surface area contributed by atoms with Crippen LogP contribution in [0, 0.1) is 12.7 Å². The van der Waals surface area contributed by atoms with Gasteiger partial charge in [-0.05, 0) is 38.0 Å². The molecule has 0 bridgehead atoms. The lowest BCUT2D eigenvalue weighted by Crippen LogP contribution is -2.56. The minimum Gasteiger partial charge on any atom is -0.450 e. The minimum atomic E-state index is -3.26. The third-order valence-electron chi connectivity index (χ3n) is 5.40. The smallest absolute Gasteiger partial charge is 0.408 e. The number of sulfone groups is 1. The van der Waals surface area contributed by atoms with Gasteiger partial charge in [-0.3, -0.25) is 15.0 Å². The molecule has 1 amide bonds. The van der Waals surface area contributed by atoms with E-state index >= 15 is 0 Å². The molecule has 1 saturated heterocycles. The first kappa shape index (κ1) is 23.9. The van der Waals surface area contributed by atoms with Crippen LogP contribution in [0.4, 0.5) is 9.18 Å². The summed E-state index contributed by atoms with van der Waals surface area (Å²) in [5.41, 5.74) is 2.03. The van der Waals surface area contributed by atoms with Crippen molar-refractivity contribution in [2.45, 2.75) is 39.0 Å². The number of nitrogens with zero attached hydrogens (tertiary/aromatic N) is 1. The van der Waals surface area contributed by atoms with Crippen molar-refractivity contribution in [3.8, 4) is 0 Å². The number of Topliss-reactive ketones (excluding diaryl/α,β-unsaturated/α-hetero) is 1. The molecule has 1 fully saturated rings. The molecular formula is C23H27FN2O5S. The topological polar surface area (TPSA) is 92.8 Å². The van der Waals surface area contributed by atoms with E-state index in [0.717, 1.165) is 5.56 Å². The molecule has 0 aliphatic carbocycles. The second kappa shape index (κ2) is 10.2. The number of ether oxygens (including phenoxy) is 1. The van der Waals surface area contributed by atoms with Crippen molar-refractivity contribution in [1.82, 2.24) is 10.2 Å². The van der Waals surface area contributed by atoms with Gasteiger partial charge < -0.3 is 4.74 Å². The Morgan fingerprint density at radius 3 is 2.38 bits per heavy atom. The van der Waals surface area contributed by atoms with Gasteiger partial charge in [0.25, 0.3) is 0 Å². The van der Waals surface area contributed by atoms with Gasteiger partial charge in [0, 0.05) is 18.2 Å². The molecule has 0 radical (unpaired) electrons. The summed E-state index contributed by atoms with van der Waals surface area (Å²) in [5.74, 6) is -0.913. The summed E-state index contributed by atoms with van der Waals surface area (Å²) >= 11 is 0. The van der Waals surface area contributed by atoms with E-state index in [2.05, 4.69) is 5.32 Å². The van der Waals surface area contributed by atoms with Crippen LogP contribution in [0.5, 0.6) is 0 Å². The zero-order chi connectivity index (χ0) is 23.3. The van der Waals surface area contributed by atoms with E-state index in [9.17, 15) is 22.4 Å². The lowest BCUT2D eigenvalue weighted by Gasteiger charge is -2.35. The molecule has 0 unspecified atom stereocenters. The van der Waals surface area contributed by atoms with Gasteiger partial charge in [-0.2, -0.15) is 0 Å². The highest BCUT2D eigenvalue weighted by molar-refractivity contribution is 7.91. The van der Waals surface area contributed by atoms with Gasteiger partial charge in [0.15, 0.2) is 21.8 Å². The van der Waals surface area contributed by atoms with E-state index < -0.39 is 34.0 Å². The summed E-state index contributed by atoms with van der Waals surface area (Å²) in [4.78, 5) is 27.4. The molecule has 1 aliphatic heterocycles. The molecular weight excluding hydrogens is 435 g/mol. The Bertz CT molecular complexity index is 1050. The van der Waals surface area contributed by atoms with Crippen molar-refractivity contribution < 1.29 is 27.1 Å². The van der Waals surface area contributed by atoms with Crippen LogP contribution in [0.2, 0.25) is 0 Å². The fourth-order valence-corrected chi connectivity index (χ4v) is 5.47. The van der Waals surface area contributed by atoms with E-state index in [4.69, 9.17) is 4.74 Å². The first-order valence-electron chi connectivity index (χ1n) is 10.4. The van der Waals surface area contributed by atoms with E-state index in [0.29, 0.717) is 17.5 Å². The minimum absolute atomic E-state index is 0.00241. The van der Waals surface area contributed by atoms with Crippen LogP contribution in [-0.4, -0.2) is 55.5 Å². The molecule has 32 heavy (non-hydrogen) atoms. The predicted octanol–water partition coefficient (Wildman–Crippen LogP) is 3.08. The van der Waals surface area contributed by atoms with Gasteiger partial charge in [0.1, 0.15) is 5.82 Å². The number of carbonyl (C=O) groups excluding carboxylic acids is 2. The number of halogens is 1. The van der Waals surface area contributed by atoms with Crippen molar-refractivity contribution in [2.24, 2.45) is 0 Å². The van der Waals surface area contributed by atoms with Gasteiger partial charge in [-0.15, -0.1) is 0 Å². The molecule has 1 aliphatic rings. The summed E-state index contributed by atoms with van der Waals surface area (Å²) in [6.07, 6.45) is -1.60. The standard InChI is InChI=1S/C23H27FN2O5S/c1-3-31-23(28)25-22(21(27)18-8-4-16(2)5-9-18)26(20-12-13-32(29,30)15-20)14-17-6-10-19(24)11-7-17/h4-11,20,22H,3,12-15H2,1-2H3,(H,25,28)/t20-,22+/m1/s1. The average Bonchev–Trinajstić information content (AvgIpc) is 3.11. The monoisotopic (exact) mass is 462 g/mol. The molecule has 2 aromatic rings. The molecule has 2 atom stereocenters. The lowest BCUT2D eigenvalue weighted by atomic mass is 10.0. The van der Waals surface area contributed by atoms with Gasteiger partial charge in [-0.1, -0.05) is 42.0 Å². The van der Waals surface area contributed by atoms with Crippen molar-refractivity contribution in [3.05, 3.63) is 71.0 Å². The number of nitrogens with one attached hydrogen (secondary N) is 1. The van der Waals surface area contributed by atoms with Gasteiger partial charge >= 0.3 is 6.09 Å². The number of benzene rings is 2. The van der Waals surface area contributed by atoms with Gasteiger partial charge in [0.2, 0.25) is 0 Å². The van der Waals surface area contributed by atoms with Crippen LogP contribution < -0.4 is 5.32 Å². The average molecular weight is 463 g/mol. The zero-order valence-corrected chi connectivity index (χ0v) is 18.9. The molecule has 172 valence electrons. The predicted molar refractivity (Wildman–Crippen MR) is 118 cm³/mol. The maximum atomic E-state index is 13.5. The Morgan fingerprint density at radius 2 is 1.81 bits per heavy atom. The summed E-state index contributed by atoms with van der Waals surface area (Å²) < 4.78 is 42.8. The Kier molecular flexibility index (Phi) is 7.63. The van der Waals surface area contributed by atoms with E-state index in [1.54, 1.807) is 48.2 Å². The van der Waals surface area contributed by atoms with Crippen molar-refractivity contribution in [3.63, 3.8) is 0 Å². The Morgan fingerprint density at radius 1 is 1.16 bits per heavy atom. The summed E-state index contributed by atoms with van der Waals surface area (Å²) in [5, 5.41) is 2.61. The quantitative estimate of drug-likeness (QED) is 0.479. The fraction of sp³-hybridized carbons (Fsp3) is 0.391. The van der Waals surface area contributed by atoms with E-state index in [1.165, 1.54) is 12.1 Å². The highest BCUT2D eigenvalue weighted by Gasteiger charge is 2.39. The Hall–Kier alpha value is -2.78. The molecule has 7 nitrogen and oxygen atoms in total. The van der Waals surface area contributed by atoms with E-state index in [1.807, 2.05) is 6.92 Å². The molecule has 0 spiro atoms. The van der Waals surface area contributed by atoms with Crippen LogP contribution in [0.3, 0.4) is 0 Å². The summed E-state index contributed by atoms with van der Waals surface area (Å²) in [6.45, 7) is 3.81. The largest absolute Gasteiger partial charge is 0.450 e. The molecule has 1 heterocycles. The summed E-state index contributed by atoms with van der Waals surface area (Å²) in [6, 6.07) is 12.2. The number of ketones is 1. The van der Waals surface area contributed by atoms with Crippen LogP contribution in [0.25, 0.3) is 0 Å². The number of amides is 1. The van der Waals surface area contributed by atoms with Crippen LogP contribution in [0.1, 0.15) is 34.8 Å². The highest BCUT2D eigenvalue weighted by Crippen LogP contribution is 2.24. The first-order valence-corrected chi connectivity index (χ1v) is 12.3. The molecule has 3 rings (SSSR count). The Labute approximate surface area is 187 Å². The second-order valence-electron chi connectivity index (χ2n) is 7.85. The molecule has 2 aromatic carbocycles. The maximum absolute atomic E-state index is 13.5. The van der Waals surface area contributed by atoms with Crippen LogP contribution >= 0.6 is 0 Å².